The fourth-order valence-corrected chi connectivity index (χ4v) is 1.24. The minimum Gasteiger partial charge on any atom is -0.327 e. The molecule has 80 valence electrons. The van der Waals surface area contributed by atoms with E-state index in [1.807, 2.05) is 0 Å². The number of nitrogens with zero attached hydrogens (tertiary/aromatic N) is 1. The van der Waals surface area contributed by atoms with Crippen LogP contribution in [-0.4, -0.2) is 25.6 Å². The number of hydrogen-bond donors (Lipinski definition) is 0. The summed E-state index contributed by atoms with van der Waals surface area (Å²) in [5, 5.41) is 0. The van der Waals surface area contributed by atoms with E-state index in [1.165, 1.54) is 11.1 Å². The monoisotopic (exact) mass is 234 g/mol. The summed E-state index contributed by atoms with van der Waals surface area (Å²) in [6, 6.07) is 8.76. The summed E-state index contributed by atoms with van der Waals surface area (Å²) in [5.41, 5.74) is 2.74. The fraction of sp³-hybridized carbons (Fsp3) is 0.455. The number of aryl methyl sites for hydroxylation is 1. The minimum absolute atomic E-state index is 0.989. The number of quaternary nitrogens is 1. The minimum atomic E-state index is 0.989. The van der Waals surface area contributed by atoms with Gasteiger partial charge in [-0.1, -0.05) is 29.8 Å². The second kappa shape index (κ2) is 6.28. The molecule has 14 heavy (non-hydrogen) atoms. The topological polar surface area (TPSA) is 0 Å². The van der Waals surface area contributed by atoms with Crippen LogP contribution in [0.3, 0.4) is 0 Å². The fourth-order valence-electron chi connectivity index (χ4n) is 1.24. The normalized spacial score (nSPS) is 10.4. The van der Waals surface area contributed by atoms with Gasteiger partial charge in [0.2, 0.25) is 0 Å². The number of benzene rings is 1. The summed E-state index contributed by atoms with van der Waals surface area (Å²) in [7, 11) is 14.8. The van der Waals surface area contributed by atoms with Gasteiger partial charge in [-0.25, -0.2) is 0 Å². The van der Waals surface area contributed by atoms with Crippen LogP contribution in [0.4, 0.5) is 0 Å². The van der Waals surface area contributed by atoms with Crippen LogP contribution in [-0.2, 0) is 6.54 Å². The molecule has 0 saturated carbocycles. The van der Waals surface area contributed by atoms with E-state index in [9.17, 15) is 0 Å². The van der Waals surface area contributed by atoms with E-state index >= 15 is 0 Å². The SMILES string of the molecule is Cc1ccc(C[N+](C)(C)C)cc1.ClCl. The van der Waals surface area contributed by atoms with Crippen LogP contribution in [0.2, 0.25) is 0 Å². The molecule has 0 radical (unpaired) electrons. The van der Waals surface area contributed by atoms with Crippen LogP contribution >= 0.6 is 21.7 Å². The van der Waals surface area contributed by atoms with Crippen LogP contribution in [0.25, 0.3) is 0 Å². The maximum atomic E-state index is 4.11. The van der Waals surface area contributed by atoms with Gasteiger partial charge in [0.15, 0.2) is 0 Å². The van der Waals surface area contributed by atoms with Crippen molar-refractivity contribution >= 4 is 21.7 Å². The van der Waals surface area contributed by atoms with E-state index in [0.29, 0.717) is 0 Å². The first-order valence-electron chi connectivity index (χ1n) is 4.48. The molecule has 0 saturated heterocycles. The standard InChI is InChI=1S/C11H18N.Cl2/c1-10-5-7-11(8-6-10)9-12(2,3)4;1-2/h5-8H,9H2,1-4H3;/q+1;. The van der Waals surface area contributed by atoms with Gasteiger partial charge >= 0.3 is 0 Å². The zero-order chi connectivity index (χ0) is 11.2. The first-order valence-corrected chi connectivity index (χ1v) is 5.62. The Labute approximate surface area is 96.4 Å². The van der Waals surface area contributed by atoms with Gasteiger partial charge < -0.3 is 4.48 Å². The molecule has 0 atom stereocenters. The maximum absolute atomic E-state index is 4.11. The predicted octanol–water partition coefficient (Wildman–Crippen LogP) is 3.58. The Morgan fingerprint density at radius 3 is 1.79 bits per heavy atom. The Morgan fingerprint density at radius 1 is 1.00 bits per heavy atom. The van der Waals surface area contributed by atoms with Gasteiger partial charge in [0.25, 0.3) is 0 Å². The zero-order valence-electron chi connectivity index (χ0n) is 9.22. The average molecular weight is 235 g/mol. The molecule has 1 aromatic rings. The van der Waals surface area contributed by atoms with Gasteiger partial charge in [0.1, 0.15) is 6.54 Å². The van der Waals surface area contributed by atoms with Gasteiger partial charge in [0.05, 0.1) is 21.1 Å². The first kappa shape index (κ1) is 13.8. The van der Waals surface area contributed by atoms with Crippen molar-refractivity contribution in [1.82, 2.24) is 0 Å². The summed E-state index contributed by atoms with van der Waals surface area (Å²) in [6.07, 6.45) is 0. The Morgan fingerprint density at radius 2 is 1.43 bits per heavy atom. The molecular weight excluding hydrogens is 217 g/mol. The molecule has 0 heterocycles. The highest BCUT2D eigenvalue weighted by molar-refractivity contribution is 6.85. The molecule has 0 amide bonds. The Hall–Kier alpha value is -0.240. The van der Waals surface area contributed by atoms with Crippen molar-refractivity contribution < 1.29 is 4.48 Å². The molecule has 0 bridgehead atoms. The van der Waals surface area contributed by atoms with Gasteiger partial charge in [-0.15, -0.1) is 0 Å². The molecule has 0 unspecified atom stereocenters. The Balaban J connectivity index is 0.000000791. The summed E-state index contributed by atoms with van der Waals surface area (Å²) in [6.45, 7) is 3.22. The van der Waals surface area contributed by atoms with E-state index in [0.717, 1.165) is 11.0 Å². The molecule has 0 aliphatic rings. The quantitative estimate of drug-likeness (QED) is 0.687. The van der Waals surface area contributed by atoms with E-state index in [4.69, 9.17) is 0 Å². The highest BCUT2D eigenvalue weighted by Gasteiger charge is 2.07. The molecule has 3 heteroatoms. The van der Waals surface area contributed by atoms with Crippen molar-refractivity contribution in [3.8, 4) is 0 Å². The van der Waals surface area contributed by atoms with Crippen molar-refractivity contribution in [2.45, 2.75) is 13.5 Å². The van der Waals surface area contributed by atoms with Crippen molar-refractivity contribution in [2.24, 2.45) is 0 Å². The predicted molar refractivity (Wildman–Crippen MR) is 64.6 cm³/mol. The van der Waals surface area contributed by atoms with Gasteiger partial charge in [-0.05, 0) is 6.92 Å². The lowest BCUT2D eigenvalue weighted by Crippen LogP contribution is -2.33. The van der Waals surface area contributed by atoms with Gasteiger partial charge in [-0.3, -0.25) is 0 Å². The molecule has 0 aromatic heterocycles. The Bertz CT molecular complexity index is 249. The molecule has 0 aliphatic carbocycles. The second-order valence-electron chi connectivity index (χ2n) is 4.43. The number of rotatable bonds is 2. The molecule has 1 nitrogen and oxygen atoms in total. The average Bonchev–Trinajstić information content (AvgIpc) is 2.10. The van der Waals surface area contributed by atoms with Crippen LogP contribution in [0.1, 0.15) is 11.1 Å². The molecule has 1 aromatic carbocycles. The summed E-state index contributed by atoms with van der Waals surface area (Å²) in [5.74, 6) is 0. The third kappa shape index (κ3) is 6.25. The summed E-state index contributed by atoms with van der Waals surface area (Å²) < 4.78 is 0.989. The largest absolute Gasteiger partial charge is 0.327 e. The summed E-state index contributed by atoms with van der Waals surface area (Å²) >= 11 is 0. The highest BCUT2D eigenvalue weighted by atomic mass is 36.5. The van der Waals surface area contributed by atoms with Gasteiger partial charge in [0, 0.05) is 27.3 Å². The lowest BCUT2D eigenvalue weighted by molar-refractivity contribution is -0.884. The maximum Gasteiger partial charge on any atom is 0.104 e. The van der Waals surface area contributed by atoms with Crippen molar-refractivity contribution in [2.75, 3.05) is 21.1 Å². The van der Waals surface area contributed by atoms with Crippen molar-refractivity contribution in [3.05, 3.63) is 35.4 Å². The third-order valence-corrected chi connectivity index (χ3v) is 1.78. The molecular formula is C11H18Cl2N+. The second-order valence-corrected chi connectivity index (χ2v) is 4.43. The molecule has 0 aliphatic heterocycles. The Kier molecular flexibility index (Phi) is 6.17. The van der Waals surface area contributed by atoms with E-state index in [2.05, 4.69) is 74.0 Å². The van der Waals surface area contributed by atoms with E-state index in [-0.39, 0.29) is 0 Å². The van der Waals surface area contributed by atoms with Crippen molar-refractivity contribution in [3.63, 3.8) is 0 Å². The zero-order valence-corrected chi connectivity index (χ0v) is 10.7. The molecule has 1 rings (SSSR count). The molecule has 0 spiro atoms. The third-order valence-electron chi connectivity index (χ3n) is 1.78. The summed E-state index contributed by atoms with van der Waals surface area (Å²) in [4.78, 5) is 0. The van der Waals surface area contributed by atoms with Crippen LogP contribution in [0.5, 0.6) is 0 Å². The smallest absolute Gasteiger partial charge is 0.104 e. The highest BCUT2D eigenvalue weighted by Crippen LogP contribution is 2.07. The van der Waals surface area contributed by atoms with Crippen LogP contribution in [0, 0.1) is 6.92 Å². The van der Waals surface area contributed by atoms with E-state index < -0.39 is 0 Å². The number of hydrogen-bond acceptors (Lipinski definition) is 0. The lowest BCUT2D eigenvalue weighted by atomic mass is 10.1. The van der Waals surface area contributed by atoms with E-state index in [1.54, 1.807) is 0 Å². The molecule has 0 N–H and O–H groups in total. The van der Waals surface area contributed by atoms with Crippen molar-refractivity contribution in [1.29, 1.82) is 0 Å². The molecule has 0 fully saturated rings. The van der Waals surface area contributed by atoms with Crippen LogP contribution < -0.4 is 0 Å². The number of halogens is 2. The lowest BCUT2D eigenvalue weighted by Gasteiger charge is -2.23. The van der Waals surface area contributed by atoms with Crippen LogP contribution in [0.15, 0.2) is 24.3 Å². The first-order chi connectivity index (χ1) is 6.47. The van der Waals surface area contributed by atoms with Gasteiger partial charge in [-0.2, -0.15) is 0 Å².